The van der Waals surface area contributed by atoms with Crippen LogP contribution in [0.2, 0.25) is 0 Å². The van der Waals surface area contributed by atoms with Crippen LogP contribution in [0.15, 0.2) is 46.3 Å². The van der Waals surface area contributed by atoms with E-state index < -0.39 is 0 Å². The van der Waals surface area contributed by atoms with Gasteiger partial charge in [-0.3, -0.25) is 4.79 Å². The number of thiophene rings is 1. The van der Waals surface area contributed by atoms with Crippen LogP contribution >= 0.6 is 11.3 Å². The Morgan fingerprint density at radius 3 is 2.83 bits per heavy atom. The molecule has 0 spiro atoms. The minimum absolute atomic E-state index is 0.00530. The molecule has 5 nitrogen and oxygen atoms in total. The molecule has 0 radical (unpaired) electrons. The van der Waals surface area contributed by atoms with E-state index in [0.717, 1.165) is 10.4 Å². The van der Waals surface area contributed by atoms with Crippen LogP contribution in [0.1, 0.15) is 16.3 Å². The fourth-order valence-corrected chi connectivity index (χ4v) is 2.82. The van der Waals surface area contributed by atoms with E-state index in [1.807, 2.05) is 48.7 Å². The first-order valence-corrected chi connectivity index (χ1v) is 8.27. The molecule has 1 amide bonds. The SMILES string of the molecule is Cc1ccc(-c2noc(CCNC(=O)Cc3cccs3)n2)cc1. The number of aryl methyl sites for hydroxylation is 1. The highest BCUT2D eigenvalue weighted by atomic mass is 32.1. The van der Waals surface area contributed by atoms with Gasteiger partial charge in [0.05, 0.1) is 6.42 Å². The second kappa shape index (κ2) is 7.19. The van der Waals surface area contributed by atoms with Crippen LogP contribution in [0.3, 0.4) is 0 Å². The van der Waals surface area contributed by atoms with Crippen molar-refractivity contribution >= 4 is 17.2 Å². The average molecular weight is 327 g/mol. The summed E-state index contributed by atoms with van der Waals surface area (Å²) in [5, 5.41) is 8.81. The monoisotopic (exact) mass is 327 g/mol. The van der Waals surface area contributed by atoms with Crippen molar-refractivity contribution in [2.75, 3.05) is 6.54 Å². The standard InChI is InChI=1S/C17H17N3O2S/c1-12-4-6-13(7-5-12)17-19-16(22-20-17)8-9-18-15(21)11-14-3-2-10-23-14/h2-7,10H,8-9,11H2,1H3,(H,18,21). The number of nitrogens with zero attached hydrogens (tertiary/aromatic N) is 2. The Hall–Kier alpha value is -2.47. The summed E-state index contributed by atoms with van der Waals surface area (Å²) < 4.78 is 5.23. The van der Waals surface area contributed by atoms with E-state index in [9.17, 15) is 4.79 Å². The molecule has 6 heteroatoms. The lowest BCUT2D eigenvalue weighted by Crippen LogP contribution is -2.27. The maximum atomic E-state index is 11.8. The van der Waals surface area contributed by atoms with Crippen LogP contribution < -0.4 is 5.32 Å². The van der Waals surface area contributed by atoms with Gasteiger partial charge in [0.1, 0.15) is 0 Å². The van der Waals surface area contributed by atoms with E-state index in [1.54, 1.807) is 11.3 Å². The molecule has 2 aromatic heterocycles. The molecule has 2 heterocycles. The van der Waals surface area contributed by atoms with Gasteiger partial charge in [0.15, 0.2) is 0 Å². The molecule has 3 rings (SSSR count). The van der Waals surface area contributed by atoms with E-state index >= 15 is 0 Å². The fourth-order valence-electron chi connectivity index (χ4n) is 2.12. The van der Waals surface area contributed by atoms with Gasteiger partial charge in [0.25, 0.3) is 0 Å². The minimum atomic E-state index is 0.00530. The molecular formula is C17H17N3O2S. The summed E-state index contributed by atoms with van der Waals surface area (Å²) in [6.07, 6.45) is 0.936. The maximum absolute atomic E-state index is 11.8. The van der Waals surface area contributed by atoms with Crippen molar-refractivity contribution < 1.29 is 9.32 Å². The summed E-state index contributed by atoms with van der Waals surface area (Å²) in [4.78, 5) is 17.2. The molecule has 0 aliphatic rings. The van der Waals surface area contributed by atoms with E-state index in [0.29, 0.717) is 31.1 Å². The Morgan fingerprint density at radius 1 is 1.26 bits per heavy atom. The third-order valence-electron chi connectivity index (χ3n) is 3.35. The number of amides is 1. The normalized spacial score (nSPS) is 10.7. The van der Waals surface area contributed by atoms with Crippen molar-refractivity contribution in [1.82, 2.24) is 15.5 Å². The van der Waals surface area contributed by atoms with Crippen molar-refractivity contribution in [3.63, 3.8) is 0 Å². The zero-order valence-corrected chi connectivity index (χ0v) is 13.6. The Bertz CT molecular complexity index is 764. The molecule has 0 unspecified atom stereocenters. The van der Waals surface area contributed by atoms with Crippen molar-refractivity contribution in [2.45, 2.75) is 19.8 Å². The van der Waals surface area contributed by atoms with Crippen LogP contribution in [0.5, 0.6) is 0 Å². The van der Waals surface area contributed by atoms with Gasteiger partial charge in [0, 0.05) is 23.4 Å². The number of hydrogen-bond donors (Lipinski definition) is 1. The van der Waals surface area contributed by atoms with Gasteiger partial charge < -0.3 is 9.84 Å². The van der Waals surface area contributed by atoms with Crippen LogP contribution in [0, 0.1) is 6.92 Å². The smallest absolute Gasteiger partial charge is 0.228 e. The molecule has 0 saturated heterocycles. The summed E-state index contributed by atoms with van der Waals surface area (Å²) in [6, 6.07) is 11.8. The summed E-state index contributed by atoms with van der Waals surface area (Å²) in [6.45, 7) is 2.52. The number of benzene rings is 1. The third kappa shape index (κ3) is 4.26. The average Bonchev–Trinajstić information content (AvgIpc) is 3.20. The van der Waals surface area contributed by atoms with Gasteiger partial charge >= 0.3 is 0 Å². The highest BCUT2D eigenvalue weighted by molar-refractivity contribution is 7.10. The largest absolute Gasteiger partial charge is 0.355 e. The topological polar surface area (TPSA) is 68.0 Å². The van der Waals surface area contributed by atoms with Crippen LogP contribution in [-0.2, 0) is 17.6 Å². The summed E-state index contributed by atoms with van der Waals surface area (Å²) in [7, 11) is 0. The number of rotatable bonds is 6. The van der Waals surface area contributed by atoms with E-state index in [2.05, 4.69) is 15.5 Å². The van der Waals surface area contributed by atoms with E-state index in [-0.39, 0.29) is 5.91 Å². The lowest BCUT2D eigenvalue weighted by atomic mass is 10.1. The molecule has 23 heavy (non-hydrogen) atoms. The Balaban J connectivity index is 1.49. The maximum Gasteiger partial charge on any atom is 0.228 e. The number of carbonyl (C=O) groups excluding carboxylic acids is 1. The van der Waals surface area contributed by atoms with Crippen LogP contribution in [-0.4, -0.2) is 22.6 Å². The molecule has 118 valence electrons. The number of hydrogen-bond acceptors (Lipinski definition) is 5. The predicted molar refractivity (Wildman–Crippen MR) is 89.2 cm³/mol. The molecule has 0 fully saturated rings. The molecule has 0 saturated carbocycles. The molecule has 0 bridgehead atoms. The number of aromatic nitrogens is 2. The molecule has 3 aromatic rings. The molecule has 1 aromatic carbocycles. The summed E-state index contributed by atoms with van der Waals surface area (Å²) >= 11 is 1.58. The van der Waals surface area contributed by atoms with Crippen molar-refractivity contribution in [3.8, 4) is 11.4 Å². The summed E-state index contributed by atoms with van der Waals surface area (Å²) in [5.41, 5.74) is 2.11. The highest BCUT2D eigenvalue weighted by Gasteiger charge is 2.09. The van der Waals surface area contributed by atoms with Crippen molar-refractivity contribution in [1.29, 1.82) is 0 Å². The van der Waals surface area contributed by atoms with Gasteiger partial charge in [0.2, 0.25) is 17.6 Å². The molecule has 0 aliphatic carbocycles. The predicted octanol–water partition coefficient (Wildman–Crippen LogP) is 3.01. The molecular weight excluding hydrogens is 310 g/mol. The van der Waals surface area contributed by atoms with Gasteiger partial charge in [-0.15, -0.1) is 11.3 Å². The zero-order valence-electron chi connectivity index (χ0n) is 12.8. The number of nitrogens with one attached hydrogen (secondary N) is 1. The van der Waals surface area contributed by atoms with Crippen LogP contribution in [0.25, 0.3) is 11.4 Å². The highest BCUT2D eigenvalue weighted by Crippen LogP contribution is 2.16. The first kappa shape index (κ1) is 15.4. The molecule has 0 aliphatic heterocycles. The van der Waals surface area contributed by atoms with Gasteiger partial charge in [-0.25, -0.2) is 0 Å². The van der Waals surface area contributed by atoms with E-state index in [1.165, 1.54) is 5.56 Å². The summed E-state index contributed by atoms with van der Waals surface area (Å²) in [5.74, 6) is 1.10. The first-order valence-electron chi connectivity index (χ1n) is 7.39. The number of carbonyl (C=O) groups is 1. The van der Waals surface area contributed by atoms with Gasteiger partial charge in [-0.05, 0) is 18.4 Å². The van der Waals surface area contributed by atoms with Gasteiger partial charge in [-0.1, -0.05) is 41.1 Å². The minimum Gasteiger partial charge on any atom is -0.355 e. The van der Waals surface area contributed by atoms with Crippen molar-refractivity contribution in [3.05, 3.63) is 58.1 Å². The lowest BCUT2D eigenvalue weighted by molar-refractivity contribution is -0.120. The second-order valence-electron chi connectivity index (χ2n) is 5.23. The van der Waals surface area contributed by atoms with E-state index in [4.69, 9.17) is 4.52 Å². The van der Waals surface area contributed by atoms with Crippen molar-refractivity contribution in [2.24, 2.45) is 0 Å². The molecule has 1 N–H and O–H groups in total. The quantitative estimate of drug-likeness (QED) is 0.756. The van der Waals surface area contributed by atoms with Crippen LogP contribution in [0.4, 0.5) is 0 Å². The zero-order chi connectivity index (χ0) is 16.1. The lowest BCUT2D eigenvalue weighted by Gasteiger charge is -2.01. The Kier molecular flexibility index (Phi) is 4.83. The van der Waals surface area contributed by atoms with Gasteiger partial charge in [-0.2, -0.15) is 4.98 Å². The fraction of sp³-hybridized carbons (Fsp3) is 0.235. The first-order chi connectivity index (χ1) is 11.2. The second-order valence-corrected chi connectivity index (χ2v) is 6.27. The third-order valence-corrected chi connectivity index (χ3v) is 4.23. The Morgan fingerprint density at radius 2 is 2.09 bits per heavy atom. The molecule has 0 atom stereocenters. The Labute approximate surface area is 138 Å².